The van der Waals surface area contributed by atoms with Gasteiger partial charge in [-0.15, -0.1) is 0 Å². The average Bonchev–Trinajstić information content (AvgIpc) is 2.47. The molecule has 0 saturated carbocycles. The van der Waals surface area contributed by atoms with Crippen LogP contribution in [0.1, 0.15) is 18.1 Å². The molecule has 0 aromatic heterocycles. The quantitative estimate of drug-likeness (QED) is 0.646. The van der Waals surface area contributed by atoms with Crippen molar-refractivity contribution in [2.24, 2.45) is 0 Å². The summed E-state index contributed by atoms with van der Waals surface area (Å²) in [5.74, 6) is 0.828. The minimum Gasteiger partial charge on any atom is -0.494 e. The molecule has 5 nitrogen and oxygen atoms in total. The predicted octanol–water partition coefficient (Wildman–Crippen LogP) is 3.91. The lowest BCUT2D eigenvalue weighted by molar-refractivity contribution is -0.385. The summed E-state index contributed by atoms with van der Waals surface area (Å²) in [5.41, 5.74) is 2.51. The number of para-hydroxylation sites is 1. The Bertz CT molecular complexity index is 641. The molecule has 5 heteroatoms. The molecule has 0 radical (unpaired) electrons. The fourth-order valence-corrected chi connectivity index (χ4v) is 2.06. The Morgan fingerprint density at radius 1 is 1.24 bits per heavy atom. The van der Waals surface area contributed by atoms with Crippen molar-refractivity contribution in [3.63, 3.8) is 0 Å². The number of anilines is 1. The fraction of sp³-hybridized carbons (Fsp3) is 0.250. The Kier molecular flexibility index (Phi) is 4.77. The Balaban J connectivity index is 2.13. The maximum atomic E-state index is 10.9. The van der Waals surface area contributed by atoms with Crippen molar-refractivity contribution < 1.29 is 9.66 Å². The molecule has 0 heterocycles. The molecule has 0 aliphatic rings. The number of ether oxygens (including phenoxy) is 1. The van der Waals surface area contributed by atoms with Crippen LogP contribution in [0.2, 0.25) is 0 Å². The Hall–Kier alpha value is -2.56. The molecule has 0 saturated heterocycles. The summed E-state index contributed by atoms with van der Waals surface area (Å²) >= 11 is 0. The summed E-state index contributed by atoms with van der Waals surface area (Å²) in [6.45, 7) is 4.82. The molecule has 2 aromatic rings. The van der Waals surface area contributed by atoms with Gasteiger partial charge >= 0.3 is 0 Å². The topological polar surface area (TPSA) is 64.4 Å². The minimum atomic E-state index is -0.366. The van der Waals surface area contributed by atoms with E-state index in [1.54, 1.807) is 19.1 Å². The molecule has 2 aromatic carbocycles. The van der Waals surface area contributed by atoms with E-state index in [1.807, 2.05) is 37.3 Å². The molecule has 0 unspecified atom stereocenters. The van der Waals surface area contributed by atoms with Crippen molar-refractivity contribution in [3.05, 3.63) is 63.7 Å². The smallest absolute Gasteiger partial charge is 0.274 e. The van der Waals surface area contributed by atoms with Gasteiger partial charge in [0.15, 0.2) is 0 Å². The molecule has 21 heavy (non-hydrogen) atoms. The summed E-state index contributed by atoms with van der Waals surface area (Å²) in [7, 11) is 0. The normalized spacial score (nSPS) is 10.2. The summed E-state index contributed by atoms with van der Waals surface area (Å²) in [6, 6.07) is 12.9. The van der Waals surface area contributed by atoms with E-state index in [4.69, 9.17) is 4.74 Å². The minimum absolute atomic E-state index is 0.123. The highest BCUT2D eigenvalue weighted by Crippen LogP contribution is 2.24. The van der Waals surface area contributed by atoms with Crippen molar-refractivity contribution in [1.82, 2.24) is 0 Å². The van der Waals surface area contributed by atoms with Gasteiger partial charge in [0.1, 0.15) is 5.75 Å². The molecule has 110 valence electrons. The molecule has 1 N–H and O–H groups in total. The van der Waals surface area contributed by atoms with E-state index >= 15 is 0 Å². The molecular formula is C16H18N2O3. The number of hydrogen-bond donors (Lipinski definition) is 1. The predicted molar refractivity (Wildman–Crippen MR) is 82.8 cm³/mol. The van der Waals surface area contributed by atoms with Gasteiger partial charge in [-0.1, -0.05) is 24.3 Å². The summed E-state index contributed by atoms with van der Waals surface area (Å²) in [4.78, 5) is 10.6. The largest absolute Gasteiger partial charge is 0.494 e. The lowest BCUT2D eigenvalue weighted by Gasteiger charge is -2.12. The molecule has 0 spiro atoms. The van der Waals surface area contributed by atoms with Gasteiger partial charge in [-0.2, -0.15) is 0 Å². The van der Waals surface area contributed by atoms with E-state index in [2.05, 4.69) is 5.32 Å². The molecule has 0 atom stereocenters. The van der Waals surface area contributed by atoms with Crippen LogP contribution < -0.4 is 10.1 Å². The molecule has 0 bridgehead atoms. The second-order valence-corrected chi connectivity index (χ2v) is 4.65. The van der Waals surface area contributed by atoms with Gasteiger partial charge in [-0.3, -0.25) is 10.1 Å². The number of rotatable bonds is 6. The lowest BCUT2D eigenvalue weighted by Crippen LogP contribution is -2.03. The standard InChI is InChI=1S/C16H18N2O3/c1-3-21-16-7-5-4-6-13(16)11-17-14-9-8-12(2)15(10-14)18(19)20/h4-10,17H,3,11H2,1-2H3. The highest BCUT2D eigenvalue weighted by Gasteiger charge is 2.11. The van der Waals surface area contributed by atoms with Gasteiger partial charge in [-0.05, 0) is 26.0 Å². The number of nitrogens with zero attached hydrogens (tertiary/aromatic N) is 1. The Morgan fingerprint density at radius 3 is 2.71 bits per heavy atom. The van der Waals surface area contributed by atoms with Crippen LogP contribution in [0.4, 0.5) is 11.4 Å². The third-order valence-corrected chi connectivity index (χ3v) is 3.16. The summed E-state index contributed by atoms with van der Waals surface area (Å²) < 4.78 is 5.56. The highest BCUT2D eigenvalue weighted by molar-refractivity contribution is 5.55. The van der Waals surface area contributed by atoms with Crippen LogP contribution in [-0.2, 0) is 6.54 Å². The Morgan fingerprint density at radius 2 is 2.00 bits per heavy atom. The molecule has 0 fully saturated rings. The number of hydrogen-bond acceptors (Lipinski definition) is 4. The van der Waals surface area contributed by atoms with Crippen LogP contribution in [0.5, 0.6) is 5.75 Å². The van der Waals surface area contributed by atoms with Crippen LogP contribution >= 0.6 is 0 Å². The average molecular weight is 286 g/mol. The van der Waals surface area contributed by atoms with Crippen LogP contribution in [0.25, 0.3) is 0 Å². The number of aryl methyl sites for hydroxylation is 1. The second-order valence-electron chi connectivity index (χ2n) is 4.65. The van der Waals surface area contributed by atoms with E-state index in [-0.39, 0.29) is 10.6 Å². The van der Waals surface area contributed by atoms with Crippen molar-refractivity contribution in [2.75, 3.05) is 11.9 Å². The third-order valence-electron chi connectivity index (χ3n) is 3.16. The fourth-order valence-electron chi connectivity index (χ4n) is 2.06. The Labute approximate surface area is 123 Å². The summed E-state index contributed by atoms with van der Waals surface area (Å²) in [5, 5.41) is 14.1. The van der Waals surface area contributed by atoms with E-state index in [1.165, 1.54) is 0 Å². The molecule has 0 aliphatic carbocycles. The monoisotopic (exact) mass is 286 g/mol. The zero-order chi connectivity index (χ0) is 15.2. The van der Waals surface area contributed by atoms with Crippen LogP contribution in [0.15, 0.2) is 42.5 Å². The summed E-state index contributed by atoms with van der Waals surface area (Å²) in [6.07, 6.45) is 0. The first-order valence-corrected chi connectivity index (χ1v) is 6.81. The lowest BCUT2D eigenvalue weighted by atomic mass is 10.1. The van der Waals surface area contributed by atoms with E-state index < -0.39 is 0 Å². The third kappa shape index (κ3) is 3.72. The number of benzene rings is 2. The van der Waals surface area contributed by atoms with Crippen molar-refractivity contribution in [2.45, 2.75) is 20.4 Å². The van der Waals surface area contributed by atoms with Gasteiger partial charge in [0, 0.05) is 29.4 Å². The number of nitrogens with one attached hydrogen (secondary N) is 1. The molecule has 0 aliphatic heterocycles. The number of nitro benzene ring substituents is 1. The van der Waals surface area contributed by atoms with E-state index in [9.17, 15) is 10.1 Å². The number of nitro groups is 1. The molecule has 2 rings (SSSR count). The highest BCUT2D eigenvalue weighted by atomic mass is 16.6. The van der Waals surface area contributed by atoms with Crippen molar-refractivity contribution in [3.8, 4) is 5.75 Å². The van der Waals surface area contributed by atoms with Gasteiger partial charge in [-0.25, -0.2) is 0 Å². The van der Waals surface area contributed by atoms with Crippen LogP contribution in [0, 0.1) is 17.0 Å². The van der Waals surface area contributed by atoms with E-state index in [0.717, 1.165) is 17.0 Å². The van der Waals surface area contributed by atoms with Crippen LogP contribution in [0.3, 0.4) is 0 Å². The first-order valence-electron chi connectivity index (χ1n) is 6.81. The van der Waals surface area contributed by atoms with Crippen molar-refractivity contribution in [1.29, 1.82) is 0 Å². The van der Waals surface area contributed by atoms with E-state index in [0.29, 0.717) is 18.7 Å². The first kappa shape index (κ1) is 14.8. The maximum absolute atomic E-state index is 10.9. The van der Waals surface area contributed by atoms with Gasteiger partial charge < -0.3 is 10.1 Å². The zero-order valence-electron chi connectivity index (χ0n) is 12.1. The first-order chi connectivity index (χ1) is 10.1. The van der Waals surface area contributed by atoms with Crippen molar-refractivity contribution >= 4 is 11.4 Å². The zero-order valence-corrected chi connectivity index (χ0v) is 12.1. The SMILES string of the molecule is CCOc1ccccc1CNc1ccc(C)c([N+](=O)[O-])c1. The van der Waals surface area contributed by atoms with Gasteiger partial charge in [0.25, 0.3) is 5.69 Å². The second kappa shape index (κ2) is 6.74. The maximum Gasteiger partial charge on any atom is 0.274 e. The van der Waals surface area contributed by atoms with Gasteiger partial charge in [0.2, 0.25) is 0 Å². The van der Waals surface area contributed by atoms with Crippen LogP contribution in [-0.4, -0.2) is 11.5 Å². The molecular weight excluding hydrogens is 268 g/mol. The van der Waals surface area contributed by atoms with Gasteiger partial charge in [0.05, 0.1) is 11.5 Å². The molecule has 0 amide bonds.